The number of aromatic nitrogens is 2. The Kier molecular flexibility index (Phi) is 2.31. The van der Waals surface area contributed by atoms with Crippen molar-refractivity contribution in [3.8, 4) is 0 Å². The molecule has 0 aliphatic rings. The number of pyridine rings is 2. The zero-order valence-corrected chi connectivity index (χ0v) is 9.16. The molecule has 0 aliphatic carbocycles. The van der Waals surface area contributed by atoms with E-state index in [9.17, 15) is 4.79 Å². The van der Waals surface area contributed by atoms with Gasteiger partial charge in [0.15, 0.2) is 0 Å². The van der Waals surface area contributed by atoms with Gasteiger partial charge in [-0.05, 0) is 24.5 Å². The summed E-state index contributed by atoms with van der Waals surface area (Å²) in [7, 11) is 0. The maximum atomic E-state index is 11.8. The quantitative estimate of drug-likeness (QED) is 0.771. The molecule has 2 aromatic heterocycles. The lowest BCUT2D eigenvalue weighted by Crippen LogP contribution is -2.11. The third kappa shape index (κ3) is 1.65. The number of nitrogens with zero attached hydrogens (tertiary/aromatic N) is 1. The smallest absolute Gasteiger partial charge is 0.256 e. The average Bonchev–Trinajstić information content (AvgIpc) is 2.17. The van der Waals surface area contributed by atoms with E-state index in [1.165, 1.54) is 0 Å². The Bertz CT molecular complexity index is 555. The minimum atomic E-state index is -0.0175. The molecule has 0 aromatic carbocycles. The van der Waals surface area contributed by atoms with E-state index in [2.05, 4.69) is 23.8 Å². The molecule has 0 atom stereocenters. The van der Waals surface area contributed by atoms with Crippen molar-refractivity contribution in [1.82, 2.24) is 9.97 Å². The molecule has 3 heteroatoms. The highest BCUT2D eigenvalue weighted by atomic mass is 16.1. The van der Waals surface area contributed by atoms with Crippen molar-refractivity contribution in [2.45, 2.75) is 26.7 Å². The summed E-state index contributed by atoms with van der Waals surface area (Å²) in [6.45, 7) is 6.01. The highest BCUT2D eigenvalue weighted by Crippen LogP contribution is 2.17. The van der Waals surface area contributed by atoms with Gasteiger partial charge in [0.05, 0.1) is 5.39 Å². The van der Waals surface area contributed by atoms with Crippen LogP contribution in [0.3, 0.4) is 0 Å². The second-order valence-corrected chi connectivity index (χ2v) is 4.13. The number of H-pyrrole nitrogens is 1. The molecule has 0 amide bonds. The summed E-state index contributed by atoms with van der Waals surface area (Å²) in [6, 6.07) is 2.00. The van der Waals surface area contributed by atoms with E-state index in [0.29, 0.717) is 5.92 Å². The second-order valence-electron chi connectivity index (χ2n) is 4.13. The summed E-state index contributed by atoms with van der Waals surface area (Å²) < 4.78 is 0. The molecule has 0 bridgehead atoms. The molecule has 1 N–H and O–H groups in total. The van der Waals surface area contributed by atoms with Crippen LogP contribution in [0, 0.1) is 6.92 Å². The topological polar surface area (TPSA) is 45.8 Å². The zero-order valence-electron chi connectivity index (χ0n) is 9.16. The molecule has 0 saturated heterocycles. The standard InChI is InChI=1S/C12H14N2O/c1-7(2)10-4-9-6-13-5-8(3)11(9)12(15)14-10/h4-7H,1-3H3,(H,14,15). The van der Waals surface area contributed by atoms with Crippen molar-refractivity contribution in [2.24, 2.45) is 0 Å². The molecule has 15 heavy (non-hydrogen) atoms. The number of hydrogen-bond donors (Lipinski definition) is 1. The molecular formula is C12H14N2O. The van der Waals surface area contributed by atoms with Gasteiger partial charge in [-0.2, -0.15) is 0 Å². The van der Waals surface area contributed by atoms with Gasteiger partial charge in [0, 0.05) is 23.5 Å². The fourth-order valence-electron chi connectivity index (χ4n) is 1.71. The summed E-state index contributed by atoms with van der Waals surface area (Å²) in [5.74, 6) is 0.322. The Hall–Kier alpha value is -1.64. The van der Waals surface area contributed by atoms with Crippen LogP contribution in [0.25, 0.3) is 10.8 Å². The van der Waals surface area contributed by atoms with Gasteiger partial charge in [-0.3, -0.25) is 9.78 Å². The predicted molar refractivity (Wildman–Crippen MR) is 61.2 cm³/mol. The lowest BCUT2D eigenvalue weighted by atomic mass is 10.1. The van der Waals surface area contributed by atoms with Crippen LogP contribution in [-0.4, -0.2) is 9.97 Å². The van der Waals surface area contributed by atoms with Crippen LogP contribution in [0.1, 0.15) is 31.0 Å². The fraction of sp³-hybridized carbons (Fsp3) is 0.333. The van der Waals surface area contributed by atoms with E-state index in [1.807, 2.05) is 13.0 Å². The molecule has 0 unspecified atom stereocenters. The van der Waals surface area contributed by atoms with Crippen LogP contribution in [0.2, 0.25) is 0 Å². The third-order valence-electron chi connectivity index (χ3n) is 2.58. The summed E-state index contributed by atoms with van der Waals surface area (Å²) in [5.41, 5.74) is 1.86. The summed E-state index contributed by atoms with van der Waals surface area (Å²) in [5, 5.41) is 1.66. The largest absolute Gasteiger partial charge is 0.325 e. The minimum absolute atomic E-state index is 0.0175. The molecule has 2 rings (SSSR count). The lowest BCUT2D eigenvalue weighted by molar-refractivity contribution is 0.820. The van der Waals surface area contributed by atoms with Crippen LogP contribution < -0.4 is 5.56 Å². The van der Waals surface area contributed by atoms with Crippen molar-refractivity contribution in [3.05, 3.63) is 40.1 Å². The molecule has 2 aromatic rings. The summed E-state index contributed by atoms with van der Waals surface area (Å²) in [6.07, 6.45) is 3.45. The maximum Gasteiger partial charge on any atom is 0.256 e. The van der Waals surface area contributed by atoms with Gasteiger partial charge in [-0.25, -0.2) is 0 Å². The fourth-order valence-corrected chi connectivity index (χ4v) is 1.71. The van der Waals surface area contributed by atoms with Gasteiger partial charge < -0.3 is 4.98 Å². The van der Waals surface area contributed by atoms with Gasteiger partial charge in [0.25, 0.3) is 5.56 Å². The molecule has 0 fully saturated rings. The van der Waals surface area contributed by atoms with Crippen molar-refractivity contribution in [3.63, 3.8) is 0 Å². The molecular weight excluding hydrogens is 188 g/mol. The Morgan fingerprint density at radius 1 is 1.33 bits per heavy atom. The molecule has 2 heterocycles. The first kappa shape index (κ1) is 9.90. The first-order valence-electron chi connectivity index (χ1n) is 5.07. The van der Waals surface area contributed by atoms with Crippen molar-refractivity contribution < 1.29 is 0 Å². The zero-order chi connectivity index (χ0) is 11.0. The Balaban J connectivity index is 2.85. The number of hydrogen-bond acceptors (Lipinski definition) is 2. The Labute approximate surface area is 88.2 Å². The van der Waals surface area contributed by atoms with Crippen LogP contribution in [0.5, 0.6) is 0 Å². The first-order chi connectivity index (χ1) is 7.09. The molecule has 0 radical (unpaired) electrons. The Morgan fingerprint density at radius 3 is 2.73 bits per heavy atom. The number of nitrogens with one attached hydrogen (secondary N) is 1. The molecule has 3 nitrogen and oxygen atoms in total. The van der Waals surface area contributed by atoms with Crippen LogP contribution >= 0.6 is 0 Å². The molecule has 0 saturated carbocycles. The van der Waals surface area contributed by atoms with Crippen LogP contribution in [-0.2, 0) is 0 Å². The maximum absolute atomic E-state index is 11.8. The van der Waals surface area contributed by atoms with E-state index in [-0.39, 0.29) is 5.56 Å². The van der Waals surface area contributed by atoms with Gasteiger partial charge in [-0.15, -0.1) is 0 Å². The van der Waals surface area contributed by atoms with Gasteiger partial charge in [0.1, 0.15) is 0 Å². The highest BCUT2D eigenvalue weighted by molar-refractivity contribution is 5.83. The van der Waals surface area contributed by atoms with Gasteiger partial charge >= 0.3 is 0 Å². The lowest BCUT2D eigenvalue weighted by Gasteiger charge is -2.07. The third-order valence-corrected chi connectivity index (χ3v) is 2.58. The van der Waals surface area contributed by atoms with Crippen molar-refractivity contribution in [2.75, 3.05) is 0 Å². The van der Waals surface area contributed by atoms with Crippen LogP contribution in [0.15, 0.2) is 23.3 Å². The monoisotopic (exact) mass is 202 g/mol. The van der Waals surface area contributed by atoms with E-state index in [4.69, 9.17) is 0 Å². The molecule has 0 aliphatic heterocycles. The minimum Gasteiger partial charge on any atom is -0.325 e. The number of rotatable bonds is 1. The van der Waals surface area contributed by atoms with E-state index in [1.54, 1.807) is 12.4 Å². The second kappa shape index (κ2) is 3.50. The van der Waals surface area contributed by atoms with Gasteiger partial charge in [-0.1, -0.05) is 13.8 Å². The molecule has 0 spiro atoms. The van der Waals surface area contributed by atoms with E-state index >= 15 is 0 Å². The first-order valence-corrected chi connectivity index (χ1v) is 5.07. The normalized spacial score (nSPS) is 11.2. The van der Waals surface area contributed by atoms with Crippen molar-refractivity contribution in [1.29, 1.82) is 0 Å². The molecule has 78 valence electrons. The summed E-state index contributed by atoms with van der Waals surface area (Å²) in [4.78, 5) is 18.8. The SMILES string of the molecule is Cc1cncc2cc(C(C)C)[nH]c(=O)c12. The van der Waals surface area contributed by atoms with Gasteiger partial charge in [0.2, 0.25) is 0 Å². The highest BCUT2D eigenvalue weighted by Gasteiger charge is 2.06. The average molecular weight is 202 g/mol. The number of aryl methyl sites for hydroxylation is 1. The van der Waals surface area contributed by atoms with E-state index in [0.717, 1.165) is 22.0 Å². The van der Waals surface area contributed by atoms with Crippen molar-refractivity contribution >= 4 is 10.8 Å². The van der Waals surface area contributed by atoms with E-state index < -0.39 is 0 Å². The predicted octanol–water partition coefficient (Wildman–Crippen LogP) is 2.35. The number of aromatic amines is 1. The number of fused-ring (bicyclic) bond motifs is 1. The summed E-state index contributed by atoms with van der Waals surface area (Å²) >= 11 is 0. The Morgan fingerprint density at radius 2 is 2.07 bits per heavy atom. The van der Waals surface area contributed by atoms with Crippen LogP contribution in [0.4, 0.5) is 0 Å².